The van der Waals surface area contributed by atoms with E-state index in [2.05, 4.69) is 36.8 Å². The van der Waals surface area contributed by atoms with E-state index in [1.807, 2.05) is 0 Å². The molecule has 1 unspecified atom stereocenters. The number of nitrogens with one attached hydrogen (secondary N) is 1. The van der Waals surface area contributed by atoms with Crippen molar-refractivity contribution < 1.29 is 0 Å². The SMILES string of the molecule is CCCCC(C)NCc1cscc1C. The van der Waals surface area contributed by atoms with Gasteiger partial charge in [0.25, 0.3) is 0 Å². The van der Waals surface area contributed by atoms with E-state index in [0.717, 1.165) is 6.54 Å². The van der Waals surface area contributed by atoms with Gasteiger partial charge in [-0.15, -0.1) is 0 Å². The van der Waals surface area contributed by atoms with E-state index < -0.39 is 0 Å². The van der Waals surface area contributed by atoms with Crippen molar-refractivity contribution in [3.8, 4) is 0 Å². The molecule has 0 fully saturated rings. The Morgan fingerprint density at radius 2 is 2.21 bits per heavy atom. The second kappa shape index (κ2) is 6.20. The van der Waals surface area contributed by atoms with Crippen molar-refractivity contribution in [2.75, 3.05) is 0 Å². The number of rotatable bonds is 6. The monoisotopic (exact) mass is 211 g/mol. The minimum Gasteiger partial charge on any atom is -0.310 e. The van der Waals surface area contributed by atoms with Crippen molar-refractivity contribution in [3.63, 3.8) is 0 Å². The van der Waals surface area contributed by atoms with Gasteiger partial charge in [-0.05, 0) is 42.2 Å². The van der Waals surface area contributed by atoms with Crippen LogP contribution in [0.3, 0.4) is 0 Å². The molecule has 0 aromatic carbocycles. The lowest BCUT2D eigenvalue weighted by Crippen LogP contribution is -2.25. The highest BCUT2D eigenvalue weighted by Gasteiger charge is 2.02. The summed E-state index contributed by atoms with van der Waals surface area (Å²) in [5.41, 5.74) is 2.88. The molecule has 80 valence electrons. The summed E-state index contributed by atoms with van der Waals surface area (Å²) in [6.45, 7) is 7.73. The fourth-order valence-electron chi connectivity index (χ4n) is 1.46. The lowest BCUT2D eigenvalue weighted by atomic mass is 10.1. The third-order valence-corrected chi connectivity index (χ3v) is 3.50. The van der Waals surface area contributed by atoms with E-state index in [9.17, 15) is 0 Å². The van der Waals surface area contributed by atoms with Gasteiger partial charge in [0.15, 0.2) is 0 Å². The van der Waals surface area contributed by atoms with Gasteiger partial charge in [-0.2, -0.15) is 11.3 Å². The van der Waals surface area contributed by atoms with Crippen molar-refractivity contribution in [3.05, 3.63) is 21.9 Å². The Morgan fingerprint density at radius 3 is 2.79 bits per heavy atom. The Kier molecular flexibility index (Phi) is 5.20. The summed E-state index contributed by atoms with van der Waals surface area (Å²) in [5, 5.41) is 8.03. The molecule has 0 aliphatic rings. The Morgan fingerprint density at radius 1 is 1.43 bits per heavy atom. The molecular weight excluding hydrogens is 190 g/mol. The van der Waals surface area contributed by atoms with Crippen molar-refractivity contribution in [1.29, 1.82) is 0 Å². The Balaban J connectivity index is 2.23. The number of thiophene rings is 1. The third kappa shape index (κ3) is 3.81. The van der Waals surface area contributed by atoms with Crippen molar-refractivity contribution in [2.24, 2.45) is 0 Å². The molecular formula is C12H21NS. The van der Waals surface area contributed by atoms with Gasteiger partial charge in [-0.25, -0.2) is 0 Å². The quantitative estimate of drug-likeness (QED) is 0.756. The molecule has 0 saturated heterocycles. The summed E-state index contributed by atoms with van der Waals surface area (Å²) in [6, 6.07) is 0.647. The van der Waals surface area contributed by atoms with Gasteiger partial charge in [-0.1, -0.05) is 19.8 Å². The maximum absolute atomic E-state index is 3.57. The Labute approximate surface area is 91.5 Å². The fourth-order valence-corrected chi connectivity index (χ4v) is 2.32. The van der Waals surface area contributed by atoms with Crippen LogP contribution in [0.15, 0.2) is 10.8 Å². The van der Waals surface area contributed by atoms with Crippen LogP contribution in [0.4, 0.5) is 0 Å². The highest BCUT2D eigenvalue weighted by molar-refractivity contribution is 7.08. The molecule has 1 rings (SSSR count). The van der Waals surface area contributed by atoms with Crippen LogP contribution in [-0.2, 0) is 6.54 Å². The van der Waals surface area contributed by atoms with Gasteiger partial charge in [0.2, 0.25) is 0 Å². The lowest BCUT2D eigenvalue weighted by Gasteiger charge is -2.12. The average molecular weight is 211 g/mol. The number of aryl methyl sites for hydroxylation is 1. The van der Waals surface area contributed by atoms with E-state index in [4.69, 9.17) is 0 Å². The molecule has 0 aliphatic heterocycles. The van der Waals surface area contributed by atoms with Gasteiger partial charge in [0, 0.05) is 12.6 Å². The van der Waals surface area contributed by atoms with Gasteiger partial charge >= 0.3 is 0 Å². The zero-order chi connectivity index (χ0) is 10.4. The summed E-state index contributed by atoms with van der Waals surface area (Å²) >= 11 is 1.80. The normalized spacial score (nSPS) is 13.1. The molecule has 0 saturated carbocycles. The molecule has 0 amide bonds. The molecule has 0 radical (unpaired) electrons. The predicted molar refractivity (Wildman–Crippen MR) is 64.9 cm³/mol. The first-order chi connectivity index (χ1) is 6.74. The van der Waals surface area contributed by atoms with Crippen molar-refractivity contribution in [1.82, 2.24) is 5.32 Å². The fraction of sp³-hybridized carbons (Fsp3) is 0.667. The predicted octanol–water partition coefficient (Wildman–Crippen LogP) is 3.72. The van der Waals surface area contributed by atoms with Gasteiger partial charge < -0.3 is 5.32 Å². The number of hydrogen-bond donors (Lipinski definition) is 1. The van der Waals surface area contributed by atoms with Crippen molar-refractivity contribution >= 4 is 11.3 Å². The molecule has 1 atom stereocenters. The molecule has 0 aliphatic carbocycles. The minimum absolute atomic E-state index is 0.647. The van der Waals surface area contributed by atoms with Gasteiger partial charge in [0.1, 0.15) is 0 Å². The smallest absolute Gasteiger partial charge is 0.0218 e. The molecule has 0 spiro atoms. The van der Waals surface area contributed by atoms with Crippen LogP contribution in [0.5, 0.6) is 0 Å². The highest BCUT2D eigenvalue weighted by atomic mass is 32.1. The first-order valence-corrected chi connectivity index (χ1v) is 6.43. The largest absolute Gasteiger partial charge is 0.310 e. The molecule has 1 heterocycles. The van der Waals surface area contributed by atoms with E-state index >= 15 is 0 Å². The van der Waals surface area contributed by atoms with Crippen LogP contribution in [-0.4, -0.2) is 6.04 Å². The summed E-state index contributed by atoms with van der Waals surface area (Å²) in [6.07, 6.45) is 3.92. The summed E-state index contributed by atoms with van der Waals surface area (Å²) in [5.74, 6) is 0. The van der Waals surface area contributed by atoms with Crippen LogP contribution in [0.2, 0.25) is 0 Å². The molecule has 1 aromatic rings. The van der Waals surface area contributed by atoms with Crippen LogP contribution < -0.4 is 5.32 Å². The van der Waals surface area contributed by atoms with E-state index in [0.29, 0.717) is 6.04 Å². The standard InChI is InChI=1S/C12H21NS/c1-4-5-6-11(3)13-7-12-9-14-8-10(12)2/h8-9,11,13H,4-7H2,1-3H3. The maximum atomic E-state index is 3.57. The molecule has 0 bridgehead atoms. The van der Waals surface area contributed by atoms with Crippen molar-refractivity contribution in [2.45, 2.75) is 52.6 Å². The van der Waals surface area contributed by atoms with Gasteiger partial charge in [-0.3, -0.25) is 0 Å². The number of hydrogen-bond acceptors (Lipinski definition) is 2. The molecule has 14 heavy (non-hydrogen) atoms. The lowest BCUT2D eigenvalue weighted by molar-refractivity contribution is 0.495. The second-order valence-corrected chi connectivity index (χ2v) is 4.75. The number of unbranched alkanes of at least 4 members (excludes halogenated alkanes) is 1. The van der Waals surface area contributed by atoms with E-state index in [-0.39, 0.29) is 0 Å². The summed E-state index contributed by atoms with van der Waals surface area (Å²) in [4.78, 5) is 0. The molecule has 1 nitrogen and oxygen atoms in total. The van der Waals surface area contributed by atoms with Crippen LogP contribution >= 0.6 is 11.3 Å². The molecule has 1 aromatic heterocycles. The summed E-state index contributed by atoms with van der Waals surface area (Å²) in [7, 11) is 0. The van der Waals surface area contributed by atoms with E-state index in [1.165, 1.54) is 30.4 Å². The average Bonchev–Trinajstić information content (AvgIpc) is 2.58. The summed E-state index contributed by atoms with van der Waals surface area (Å²) < 4.78 is 0. The molecule has 1 N–H and O–H groups in total. The molecule has 2 heteroatoms. The van der Waals surface area contributed by atoms with E-state index in [1.54, 1.807) is 11.3 Å². The maximum Gasteiger partial charge on any atom is 0.0218 e. The first kappa shape index (κ1) is 11.7. The zero-order valence-electron chi connectivity index (χ0n) is 9.47. The highest BCUT2D eigenvalue weighted by Crippen LogP contribution is 2.13. The zero-order valence-corrected chi connectivity index (χ0v) is 10.3. The van der Waals surface area contributed by atoms with Gasteiger partial charge in [0.05, 0.1) is 0 Å². The topological polar surface area (TPSA) is 12.0 Å². The van der Waals surface area contributed by atoms with Crippen LogP contribution in [0, 0.1) is 6.92 Å². The first-order valence-electron chi connectivity index (χ1n) is 5.49. The Hall–Kier alpha value is -0.340. The Bertz CT molecular complexity index is 255. The van der Waals surface area contributed by atoms with Crippen LogP contribution in [0.1, 0.15) is 44.2 Å². The minimum atomic E-state index is 0.647. The second-order valence-electron chi connectivity index (χ2n) is 4.00. The van der Waals surface area contributed by atoms with Crippen LogP contribution in [0.25, 0.3) is 0 Å². The third-order valence-electron chi connectivity index (χ3n) is 2.59.